The van der Waals surface area contributed by atoms with Gasteiger partial charge in [0.25, 0.3) is 0 Å². The van der Waals surface area contributed by atoms with E-state index in [0.717, 1.165) is 5.56 Å². The molecule has 0 unspecified atom stereocenters. The van der Waals surface area contributed by atoms with E-state index in [1.54, 1.807) is 20.8 Å². The van der Waals surface area contributed by atoms with Crippen LogP contribution in [0, 0.1) is 0 Å². The van der Waals surface area contributed by atoms with E-state index in [2.05, 4.69) is 0 Å². The molecular weight excluding hydrogens is 310 g/mol. The highest BCUT2D eigenvalue weighted by Gasteiger charge is 2.22. The first-order chi connectivity index (χ1) is 11.2. The molecule has 1 rings (SSSR count). The number of aliphatic carboxylic acids is 1. The van der Waals surface area contributed by atoms with Crippen LogP contribution in [0.25, 0.3) is 0 Å². The number of hydrogen-bond donors (Lipinski definition) is 1. The van der Waals surface area contributed by atoms with Gasteiger partial charge in [-0.15, -0.1) is 0 Å². The molecule has 0 heterocycles. The number of ether oxygens (including phenoxy) is 1. The molecule has 0 aliphatic carbocycles. The fraction of sp³-hybridized carbons (Fsp3) is 0.500. The highest BCUT2D eigenvalue weighted by molar-refractivity contribution is 5.82. The monoisotopic (exact) mass is 335 g/mol. The molecule has 132 valence electrons. The molecule has 6 heteroatoms. The van der Waals surface area contributed by atoms with Crippen molar-refractivity contribution in [2.75, 3.05) is 6.54 Å². The number of hydrogen-bond acceptors (Lipinski definition) is 4. The van der Waals surface area contributed by atoms with Gasteiger partial charge in [0, 0.05) is 19.4 Å². The Bertz CT molecular complexity index is 563. The SMILES string of the molecule is CC(C)(C)OC(=O)CN(Cc1ccccc1)C(=O)CCCC(=O)O. The lowest BCUT2D eigenvalue weighted by Gasteiger charge is -2.25. The molecule has 1 amide bonds. The van der Waals surface area contributed by atoms with Crippen LogP contribution >= 0.6 is 0 Å². The number of carboxylic acid groups (broad SMARTS) is 1. The van der Waals surface area contributed by atoms with Gasteiger partial charge in [0.2, 0.25) is 5.91 Å². The Morgan fingerprint density at radius 2 is 1.71 bits per heavy atom. The quantitative estimate of drug-likeness (QED) is 0.738. The van der Waals surface area contributed by atoms with Crippen molar-refractivity contribution in [1.29, 1.82) is 0 Å². The van der Waals surface area contributed by atoms with Crippen LogP contribution in [0.1, 0.15) is 45.6 Å². The number of nitrogens with zero attached hydrogens (tertiary/aromatic N) is 1. The van der Waals surface area contributed by atoms with E-state index in [1.807, 2.05) is 30.3 Å². The van der Waals surface area contributed by atoms with Crippen LogP contribution in [0.3, 0.4) is 0 Å². The largest absolute Gasteiger partial charge is 0.481 e. The molecule has 0 saturated heterocycles. The number of esters is 1. The molecular formula is C18H25NO5. The number of carbonyl (C=O) groups excluding carboxylic acids is 2. The van der Waals surface area contributed by atoms with Crippen molar-refractivity contribution in [2.24, 2.45) is 0 Å². The van der Waals surface area contributed by atoms with E-state index >= 15 is 0 Å². The van der Waals surface area contributed by atoms with Gasteiger partial charge in [0.15, 0.2) is 0 Å². The minimum absolute atomic E-state index is 0.0721. The summed E-state index contributed by atoms with van der Waals surface area (Å²) in [6.07, 6.45) is 0.257. The molecule has 0 spiro atoms. The Kier molecular flexibility index (Phi) is 7.42. The minimum Gasteiger partial charge on any atom is -0.481 e. The van der Waals surface area contributed by atoms with Crippen molar-refractivity contribution in [2.45, 2.75) is 52.2 Å². The summed E-state index contributed by atoms with van der Waals surface area (Å²) < 4.78 is 5.27. The second kappa shape index (κ2) is 9.05. The molecule has 0 aliphatic rings. The average molecular weight is 335 g/mol. The third kappa shape index (κ3) is 8.31. The van der Waals surface area contributed by atoms with Crippen LogP contribution in [-0.2, 0) is 25.7 Å². The Balaban J connectivity index is 2.73. The summed E-state index contributed by atoms with van der Waals surface area (Å²) in [4.78, 5) is 36.4. The van der Waals surface area contributed by atoms with Crippen LogP contribution in [-0.4, -0.2) is 40.0 Å². The molecule has 0 atom stereocenters. The molecule has 0 saturated carbocycles. The normalized spacial score (nSPS) is 11.0. The predicted octanol–water partition coefficient (Wildman–Crippen LogP) is 2.61. The van der Waals surface area contributed by atoms with Crippen LogP contribution < -0.4 is 0 Å². The first-order valence-corrected chi connectivity index (χ1v) is 7.93. The summed E-state index contributed by atoms with van der Waals surface area (Å²) >= 11 is 0. The third-order valence-electron chi connectivity index (χ3n) is 3.09. The predicted molar refractivity (Wildman–Crippen MR) is 89.2 cm³/mol. The van der Waals surface area contributed by atoms with Gasteiger partial charge in [-0.05, 0) is 32.8 Å². The zero-order valence-corrected chi connectivity index (χ0v) is 14.4. The van der Waals surface area contributed by atoms with E-state index in [4.69, 9.17) is 9.84 Å². The number of carbonyl (C=O) groups is 3. The first-order valence-electron chi connectivity index (χ1n) is 7.93. The van der Waals surface area contributed by atoms with Gasteiger partial charge in [-0.2, -0.15) is 0 Å². The lowest BCUT2D eigenvalue weighted by Crippen LogP contribution is -2.38. The fourth-order valence-electron chi connectivity index (χ4n) is 2.11. The lowest BCUT2D eigenvalue weighted by atomic mass is 10.1. The molecule has 24 heavy (non-hydrogen) atoms. The standard InChI is InChI=1S/C18H25NO5/c1-18(2,3)24-17(23)13-19(12-14-8-5-4-6-9-14)15(20)10-7-11-16(21)22/h4-6,8-9H,7,10-13H2,1-3H3,(H,21,22). The van der Waals surface area contributed by atoms with E-state index in [-0.39, 0.29) is 38.3 Å². The van der Waals surface area contributed by atoms with Gasteiger partial charge >= 0.3 is 11.9 Å². The van der Waals surface area contributed by atoms with Crippen LogP contribution in [0.5, 0.6) is 0 Å². The van der Waals surface area contributed by atoms with Crippen molar-refractivity contribution in [1.82, 2.24) is 4.90 Å². The van der Waals surface area contributed by atoms with E-state index in [9.17, 15) is 14.4 Å². The summed E-state index contributed by atoms with van der Waals surface area (Å²) in [7, 11) is 0. The van der Waals surface area contributed by atoms with Gasteiger partial charge in [-0.25, -0.2) is 0 Å². The molecule has 0 fully saturated rings. The zero-order chi connectivity index (χ0) is 18.2. The zero-order valence-electron chi connectivity index (χ0n) is 14.4. The molecule has 0 radical (unpaired) electrons. The maximum absolute atomic E-state index is 12.4. The van der Waals surface area contributed by atoms with Crippen LogP contribution in [0.4, 0.5) is 0 Å². The second-order valence-corrected chi connectivity index (χ2v) is 6.57. The lowest BCUT2D eigenvalue weighted by molar-refractivity contribution is -0.159. The summed E-state index contributed by atoms with van der Waals surface area (Å²) in [6, 6.07) is 9.32. The summed E-state index contributed by atoms with van der Waals surface area (Å²) in [5.41, 5.74) is 0.273. The highest BCUT2D eigenvalue weighted by Crippen LogP contribution is 2.11. The van der Waals surface area contributed by atoms with Crippen molar-refractivity contribution in [3.63, 3.8) is 0 Å². The van der Waals surface area contributed by atoms with Gasteiger partial charge in [-0.3, -0.25) is 14.4 Å². The average Bonchev–Trinajstić information content (AvgIpc) is 2.45. The van der Waals surface area contributed by atoms with Crippen molar-refractivity contribution in [3.8, 4) is 0 Å². The highest BCUT2D eigenvalue weighted by atomic mass is 16.6. The number of carboxylic acids is 1. The summed E-state index contributed by atoms with van der Waals surface area (Å²) in [5, 5.41) is 8.67. The molecule has 1 aromatic rings. The first kappa shape index (κ1) is 19.7. The Hall–Kier alpha value is -2.37. The topological polar surface area (TPSA) is 83.9 Å². The Labute approximate surface area is 142 Å². The molecule has 1 aromatic carbocycles. The maximum atomic E-state index is 12.4. The molecule has 0 bridgehead atoms. The van der Waals surface area contributed by atoms with Crippen molar-refractivity contribution >= 4 is 17.8 Å². The van der Waals surface area contributed by atoms with E-state index in [1.165, 1.54) is 4.90 Å². The van der Waals surface area contributed by atoms with E-state index < -0.39 is 17.5 Å². The smallest absolute Gasteiger partial charge is 0.326 e. The number of benzene rings is 1. The van der Waals surface area contributed by atoms with Crippen molar-refractivity contribution in [3.05, 3.63) is 35.9 Å². The minimum atomic E-state index is -0.940. The van der Waals surface area contributed by atoms with Gasteiger partial charge in [0.1, 0.15) is 12.1 Å². The third-order valence-corrected chi connectivity index (χ3v) is 3.09. The number of rotatable bonds is 8. The van der Waals surface area contributed by atoms with Gasteiger partial charge in [0.05, 0.1) is 0 Å². The molecule has 0 aliphatic heterocycles. The van der Waals surface area contributed by atoms with E-state index in [0.29, 0.717) is 0 Å². The fourth-order valence-corrected chi connectivity index (χ4v) is 2.11. The van der Waals surface area contributed by atoms with Gasteiger partial charge < -0.3 is 14.7 Å². The Morgan fingerprint density at radius 3 is 2.25 bits per heavy atom. The van der Waals surface area contributed by atoms with Crippen LogP contribution in [0.2, 0.25) is 0 Å². The molecule has 1 N–H and O–H groups in total. The van der Waals surface area contributed by atoms with Crippen molar-refractivity contribution < 1.29 is 24.2 Å². The molecule has 6 nitrogen and oxygen atoms in total. The van der Waals surface area contributed by atoms with Gasteiger partial charge in [-0.1, -0.05) is 30.3 Å². The second-order valence-electron chi connectivity index (χ2n) is 6.57. The Morgan fingerprint density at radius 1 is 1.08 bits per heavy atom. The molecule has 0 aromatic heterocycles. The maximum Gasteiger partial charge on any atom is 0.326 e. The number of amides is 1. The summed E-state index contributed by atoms with van der Waals surface area (Å²) in [6.45, 7) is 5.42. The van der Waals surface area contributed by atoms with Crippen LogP contribution in [0.15, 0.2) is 30.3 Å². The summed E-state index contributed by atoms with van der Waals surface area (Å²) in [5.74, 6) is -1.68.